The van der Waals surface area contributed by atoms with Crippen molar-refractivity contribution in [2.45, 2.75) is 32.4 Å². The van der Waals surface area contributed by atoms with Crippen molar-refractivity contribution >= 4 is 23.4 Å². The van der Waals surface area contributed by atoms with Gasteiger partial charge in [0.15, 0.2) is 0 Å². The molecule has 0 unspecified atom stereocenters. The zero-order valence-corrected chi connectivity index (χ0v) is 15.1. The van der Waals surface area contributed by atoms with Crippen LogP contribution in [0.2, 0.25) is 0 Å². The van der Waals surface area contributed by atoms with Crippen molar-refractivity contribution in [1.29, 1.82) is 5.26 Å². The monoisotopic (exact) mass is 338 g/mol. The zero-order valence-electron chi connectivity index (χ0n) is 14.3. The van der Waals surface area contributed by atoms with Gasteiger partial charge in [-0.2, -0.15) is 5.26 Å². The summed E-state index contributed by atoms with van der Waals surface area (Å²) in [7, 11) is 0. The van der Waals surface area contributed by atoms with E-state index in [9.17, 15) is 4.79 Å². The maximum Gasteiger partial charge on any atom is 0.234 e. The Morgan fingerprint density at radius 1 is 1.25 bits per heavy atom. The molecule has 2 aromatic rings. The molecular weight excluding hydrogens is 316 g/mol. The minimum Gasteiger partial charge on any atom is -0.325 e. The normalized spacial score (nSPS) is 10.5. The van der Waals surface area contributed by atoms with Crippen LogP contribution in [0.3, 0.4) is 0 Å². The molecule has 0 radical (unpaired) electrons. The number of nitrogens with one attached hydrogen (secondary N) is 1. The van der Waals surface area contributed by atoms with E-state index in [0.717, 1.165) is 22.4 Å². The highest BCUT2D eigenvalue weighted by atomic mass is 32.2. The number of anilines is 1. The van der Waals surface area contributed by atoms with E-state index in [2.05, 4.69) is 31.3 Å². The topological polar surface area (TPSA) is 52.9 Å². The number of rotatable bonds is 6. The molecule has 24 heavy (non-hydrogen) atoms. The van der Waals surface area contributed by atoms with Crippen LogP contribution in [0.25, 0.3) is 0 Å². The minimum absolute atomic E-state index is 0.00707. The summed E-state index contributed by atoms with van der Waals surface area (Å²) in [6, 6.07) is 15.7. The highest BCUT2D eigenvalue weighted by molar-refractivity contribution is 7.99. The predicted octanol–water partition coefficient (Wildman–Crippen LogP) is 4.86. The summed E-state index contributed by atoms with van der Waals surface area (Å²) < 4.78 is 0. The van der Waals surface area contributed by atoms with Crippen molar-refractivity contribution in [2.75, 3.05) is 11.1 Å². The van der Waals surface area contributed by atoms with Crippen LogP contribution in [0, 0.1) is 18.3 Å². The van der Waals surface area contributed by atoms with Crippen molar-refractivity contribution in [2.24, 2.45) is 0 Å². The number of amides is 1. The second kappa shape index (κ2) is 8.56. The van der Waals surface area contributed by atoms with Gasteiger partial charge in [0.1, 0.15) is 0 Å². The van der Waals surface area contributed by atoms with Gasteiger partial charge >= 0.3 is 0 Å². The molecule has 0 atom stereocenters. The first-order valence-corrected chi connectivity index (χ1v) is 9.13. The average Bonchev–Trinajstić information content (AvgIpc) is 2.56. The molecule has 3 nitrogen and oxygen atoms in total. The molecule has 2 aromatic carbocycles. The number of para-hydroxylation sites is 1. The van der Waals surface area contributed by atoms with Gasteiger partial charge in [-0.3, -0.25) is 4.79 Å². The molecule has 0 saturated carbocycles. The van der Waals surface area contributed by atoms with Gasteiger partial charge in [0.05, 0.1) is 17.4 Å². The summed E-state index contributed by atoms with van der Waals surface area (Å²) in [5.41, 5.74) is 4.89. The number of benzene rings is 2. The lowest BCUT2D eigenvalue weighted by Crippen LogP contribution is -2.16. The number of nitrogens with zero attached hydrogens (tertiary/aromatic N) is 1. The van der Waals surface area contributed by atoms with Gasteiger partial charge in [0, 0.05) is 11.4 Å². The zero-order chi connectivity index (χ0) is 17.5. The highest BCUT2D eigenvalue weighted by Crippen LogP contribution is 2.27. The van der Waals surface area contributed by atoms with E-state index in [1.54, 1.807) is 17.8 Å². The lowest BCUT2D eigenvalue weighted by Gasteiger charge is -2.16. The van der Waals surface area contributed by atoms with Gasteiger partial charge in [-0.25, -0.2) is 0 Å². The Bertz CT molecular complexity index is 762. The number of hydrogen-bond acceptors (Lipinski definition) is 3. The van der Waals surface area contributed by atoms with E-state index in [1.807, 2.05) is 37.3 Å². The predicted molar refractivity (Wildman–Crippen MR) is 101 cm³/mol. The highest BCUT2D eigenvalue weighted by Gasteiger charge is 2.12. The largest absolute Gasteiger partial charge is 0.325 e. The number of aryl methyl sites for hydroxylation is 1. The number of thioether (sulfide) groups is 1. The van der Waals surface area contributed by atoms with Gasteiger partial charge in [-0.05, 0) is 41.7 Å². The number of nitriles is 1. The molecule has 0 heterocycles. The van der Waals surface area contributed by atoms with Crippen LogP contribution in [0.15, 0.2) is 42.5 Å². The van der Waals surface area contributed by atoms with Crippen LogP contribution in [-0.4, -0.2) is 11.7 Å². The SMILES string of the molecule is Cc1cccc(C(C)C)c1NC(=O)CSCc1cccc(C#N)c1. The van der Waals surface area contributed by atoms with E-state index in [-0.39, 0.29) is 5.91 Å². The van der Waals surface area contributed by atoms with Crippen molar-refractivity contribution in [3.05, 3.63) is 64.7 Å². The van der Waals surface area contributed by atoms with Crippen LogP contribution < -0.4 is 5.32 Å². The average molecular weight is 338 g/mol. The molecule has 0 spiro atoms. The first-order chi connectivity index (χ1) is 11.5. The molecule has 0 aliphatic carbocycles. The Labute approximate surface area is 148 Å². The second-order valence-electron chi connectivity index (χ2n) is 6.05. The third-order valence-corrected chi connectivity index (χ3v) is 4.75. The molecule has 2 rings (SSSR count). The summed E-state index contributed by atoms with van der Waals surface area (Å²) in [6.45, 7) is 6.27. The maximum absolute atomic E-state index is 12.3. The van der Waals surface area contributed by atoms with Gasteiger partial charge in [-0.15, -0.1) is 11.8 Å². The second-order valence-corrected chi connectivity index (χ2v) is 7.03. The van der Waals surface area contributed by atoms with Crippen LogP contribution >= 0.6 is 11.8 Å². The fourth-order valence-corrected chi connectivity index (χ4v) is 3.28. The molecule has 0 fully saturated rings. The molecular formula is C20H22N2OS. The summed E-state index contributed by atoms with van der Waals surface area (Å²) in [6.07, 6.45) is 0. The Kier molecular flexibility index (Phi) is 6.45. The Morgan fingerprint density at radius 2 is 2.00 bits per heavy atom. The first-order valence-electron chi connectivity index (χ1n) is 7.97. The van der Waals surface area contributed by atoms with E-state index >= 15 is 0 Å². The summed E-state index contributed by atoms with van der Waals surface area (Å²) in [4.78, 5) is 12.3. The van der Waals surface area contributed by atoms with Crippen LogP contribution in [0.5, 0.6) is 0 Å². The van der Waals surface area contributed by atoms with Crippen LogP contribution in [0.1, 0.15) is 42.0 Å². The van der Waals surface area contributed by atoms with Crippen molar-refractivity contribution in [3.8, 4) is 6.07 Å². The molecule has 1 amide bonds. The molecule has 0 aromatic heterocycles. The summed E-state index contributed by atoms with van der Waals surface area (Å²) in [5.74, 6) is 1.48. The molecule has 4 heteroatoms. The quantitative estimate of drug-likeness (QED) is 0.818. The van der Waals surface area contributed by atoms with E-state index in [4.69, 9.17) is 5.26 Å². The first kappa shape index (κ1) is 18.1. The van der Waals surface area contributed by atoms with Crippen LogP contribution in [-0.2, 0) is 10.5 Å². The van der Waals surface area contributed by atoms with Crippen molar-refractivity contribution in [3.63, 3.8) is 0 Å². The number of carbonyl (C=O) groups excluding carboxylic acids is 1. The van der Waals surface area contributed by atoms with Gasteiger partial charge in [-0.1, -0.05) is 44.2 Å². The fraction of sp³-hybridized carbons (Fsp3) is 0.300. The van der Waals surface area contributed by atoms with E-state index in [0.29, 0.717) is 23.0 Å². The summed E-state index contributed by atoms with van der Waals surface area (Å²) in [5, 5.41) is 12.0. The smallest absolute Gasteiger partial charge is 0.234 e. The van der Waals surface area contributed by atoms with E-state index in [1.165, 1.54) is 0 Å². The van der Waals surface area contributed by atoms with Gasteiger partial charge in [0.2, 0.25) is 5.91 Å². The minimum atomic E-state index is 0.00707. The Balaban J connectivity index is 1.93. The number of carbonyl (C=O) groups is 1. The third kappa shape index (κ3) is 4.87. The molecule has 0 saturated heterocycles. The Morgan fingerprint density at radius 3 is 2.71 bits per heavy atom. The molecule has 124 valence electrons. The van der Waals surface area contributed by atoms with Crippen molar-refractivity contribution < 1.29 is 4.79 Å². The molecule has 1 N–H and O–H groups in total. The van der Waals surface area contributed by atoms with E-state index < -0.39 is 0 Å². The lowest BCUT2D eigenvalue weighted by molar-refractivity contribution is -0.113. The Hall–Kier alpha value is -2.25. The van der Waals surface area contributed by atoms with Crippen LogP contribution in [0.4, 0.5) is 5.69 Å². The van der Waals surface area contributed by atoms with Gasteiger partial charge in [0.25, 0.3) is 0 Å². The lowest BCUT2D eigenvalue weighted by atomic mass is 9.98. The summed E-state index contributed by atoms with van der Waals surface area (Å²) >= 11 is 1.55. The molecule has 0 aliphatic rings. The standard InChI is InChI=1S/C20H22N2OS/c1-14(2)18-9-4-6-15(3)20(18)22-19(23)13-24-12-17-8-5-7-16(10-17)11-21/h4-10,14H,12-13H2,1-3H3,(H,22,23). The van der Waals surface area contributed by atoms with Crippen molar-refractivity contribution in [1.82, 2.24) is 0 Å². The fourth-order valence-electron chi connectivity index (χ4n) is 2.51. The molecule has 0 bridgehead atoms. The molecule has 0 aliphatic heterocycles. The van der Waals surface area contributed by atoms with Gasteiger partial charge < -0.3 is 5.32 Å². The number of hydrogen-bond donors (Lipinski definition) is 1. The third-order valence-electron chi connectivity index (χ3n) is 3.75. The maximum atomic E-state index is 12.3.